The van der Waals surface area contributed by atoms with Crippen LogP contribution in [0, 0.1) is 0 Å². The van der Waals surface area contributed by atoms with Crippen LogP contribution in [0.5, 0.6) is 0 Å². The summed E-state index contributed by atoms with van der Waals surface area (Å²) in [5, 5.41) is 8.94. The summed E-state index contributed by atoms with van der Waals surface area (Å²) in [7, 11) is 1.56. The molecule has 0 fully saturated rings. The molecule has 0 N–H and O–H groups in total. The zero-order chi connectivity index (χ0) is 24.7. The van der Waals surface area contributed by atoms with Gasteiger partial charge in [0.05, 0.1) is 6.20 Å². The summed E-state index contributed by atoms with van der Waals surface area (Å²) in [6, 6.07) is 17.3. The quantitative estimate of drug-likeness (QED) is 0.316. The van der Waals surface area contributed by atoms with Crippen molar-refractivity contribution in [1.82, 2.24) is 29.4 Å². The molecule has 5 aromatic rings. The Labute approximate surface area is 200 Å². The van der Waals surface area contributed by atoms with Crippen molar-refractivity contribution in [2.45, 2.75) is 32.4 Å². The van der Waals surface area contributed by atoms with Gasteiger partial charge in [-0.25, -0.2) is 9.97 Å². The highest BCUT2D eigenvalue weighted by atomic mass is 19.4. The third kappa shape index (κ3) is 4.41. The van der Waals surface area contributed by atoms with E-state index in [2.05, 4.69) is 35.1 Å². The van der Waals surface area contributed by atoms with Crippen LogP contribution < -0.4 is 0 Å². The first kappa shape index (κ1) is 22.8. The molecule has 0 aliphatic rings. The Kier molecular flexibility index (Phi) is 5.62. The molecule has 0 saturated heterocycles. The molecule has 0 bridgehead atoms. The maximum Gasteiger partial charge on any atom is 0.434 e. The molecule has 0 atom stereocenters. The Morgan fingerprint density at radius 1 is 0.943 bits per heavy atom. The Bertz CT molecular complexity index is 1500. The van der Waals surface area contributed by atoms with E-state index in [-0.39, 0.29) is 5.82 Å². The monoisotopic (exact) mass is 476 g/mol. The van der Waals surface area contributed by atoms with Gasteiger partial charge in [-0.15, -0.1) is 9.73 Å². The van der Waals surface area contributed by atoms with E-state index in [4.69, 9.17) is 4.98 Å². The molecular weight excluding hydrogens is 453 g/mol. The lowest BCUT2D eigenvalue weighted by Crippen LogP contribution is -2.04. The fourth-order valence-corrected chi connectivity index (χ4v) is 4.17. The smallest absolute Gasteiger partial charge is 0.333 e. The van der Waals surface area contributed by atoms with E-state index in [0.29, 0.717) is 29.4 Å². The highest BCUT2D eigenvalue weighted by Crippen LogP contribution is 2.31. The average Bonchev–Trinajstić information content (AvgIpc) is 3.44. The molecule has 3 aromatic heterocycles. The lowest BCUT2D eigenvalue weighted by atomic mass is 9.97. The predicted molar refractivity (Wildman–Crippen MR) is 127 cm³/mol. The number of aryl methyl sites for hydroxylation is 1. The number of aromatic nitrogens is 6. The molecule has 0 saturated carbocycles. The number of imidazole rings is 1. The van der Waals surface area contributed by atoms with E-state index in [1.54, 1.807) is 30.0 Å². The van der Waals surface area contributed by atoms with Gasteiger partial charge in [0.1, 0.15) is 5.82 Å². The zero-order valence-corrected chi connectivity index (χ0v) is 19.5. The second-order valence-corrected chi connectivity index (χ2v) is 8.78. The number of fused-ring (bicyclic) bond motifs is 1. The van der Waals surface area contributed by atoms with Gasteiger partial charge in [-0.3, -0.25) is 0 Å². The van der Waals surface area contributed by atoms with Crippen molar-refractivity contribution in [3.8, 4) is 22.8 Å². The van der Waals surface area contributed by atoms with Gasteiger partial charge in [0.2, 0.25) is 0 Å². The molecule has 3 heterocycles. The summed E-state index contributed by atoms with van der Waals surface area (Å²) < 4.78 is 42.0. The average molecular weight is 477 g/mol. The summed E-state index contributed by atoms with van der Waals surface area (Å²) >= 11 is 0. The van der Waals surface area contributed by atoms with Gasteiger partial charge < -0.3 is 4.57 Å². The zero-order valence-electron chi connectivity index (χ0n) is 19.5. The molecule has 0 unspecified atom stereocenters. The summed E-state index contributed by atoms with van der Waals surface area (Å²) in [6.07, 6.45) is -1.21. The van der Waals surface area contributed by atoms with Crippen LogP contribution in [0.4, 0.5) is 13.2 Å². The summed E-state index contributed by atoms with van der Waals surface area (Å²) in [5.41, 5.74) is 4.47. The maximum absolute atomic E-state index is 13.0. The first-order valence-corrected chi connectivity index (χ1v) is 11.2. The molecule has 0 amide bonds. The molecule has 6 nitrogen and oxygen atoms in total. The highest BCUT2D eigenvalue weighted by Gasteiger charge is 2.34. The van der Waals surface area contributed by atoms with E-state index in [0.717, 1.165) is 22.9 Å². The number of hydrogen-bond donors (Lipinski definition) is 0. The Morgan fingerprint density at radius 2 is 1.69 bits per heavy atom. The molecule has 0 radical (unpaired) electrons. The van der Waals surface area contributed by atoms with E-state index < -0.39 is 11.9 Å². The number of benzene rings is 2. The number of halogens is 3. The lowest BCUT2D eigenvalue weighted by molar-refractivity contribution is -0.140. The molecule has 0 spiro atoms. The normalized spacial score (nSPS) is 12.1. The SMILES string of the molecule is CC(C)c1ccccc1-c1nc2c(Cc3ccc(-c4nc(C(F)(F)F)cn4C)cc3)ccnn2n1. The summed E-state index contributed by atoms with van der Waals surface area (Å²) in [5.74, 6) is 1.22. The molecule has 5 rings (SSSR count). The van der Waals surface area contributed by atoms with Crippen LogP contribution >= 0.6 is 0 Å². The van der Waals surface area contributed by atoms with Gasteiger partial charge in [-0.2, -0.15) is 18.3 Å². The fraction of sp³-hybridized carbons (Fsp3) is 0.231. The Morgan fingerprint density at radius 3 is 2.37 bits per heavy atom. The van der Waals surface area contributed by atoms with Crippen LogP contribution in [0.25, 0.3) is 28.4 Å². The minimum absolute atomic E-state index is 0.265. The summed E-state index contributed by atoms with van der Waals surface area (Å²) in [4.78, 5) is 8.56. The Balaban J connectivity index is 1.44. The number of hydrogen-bond acceptors (Lipinski definition) is 4. The van der Waals surface area contributed by atoms with Crippen molar-refractivity contribution < 1.29 is 13.2 Å². The van der Waals surface area contributed by atoms with Crippen LogP contribution in [-0.2, 0) is 19.6 Å². The molecular formula is C26H23F3N6. The van der Waals surface area contributed by atoms with Crippen molar-refractivity contribution in [3.05, 3.63) is 89.4 Å². The second-order valence-electron chi connectivity index (χ2n) is 8.78. The van der Waals surface area contributed by atoms with E-state index in [1.807, 2.05) is 36.4 Å². The Hall–Kier alpha value is -4.01. The second kappa shape index (κ2) is 8.65. The molecule has 0 aliphatic heterocycles. The van der Waals surface area contributed by atoms with E-state index in [9.17, 15) is 13.2 Å². The van der Waals surface area contributed by atoms with Gasteiger partial charge >= 0.3 is 6.18 Å². The van der Waals surface area contributed by atoms with Crippen LogP contribution in [0.3, 0.4) is 0 Å². The van der Waals surface area contributed by atoms with Gasteiger partial charge in [0.25, 0.3) is 0 Å². The van der Waals surface area contributed by atoms with Crippen molar-refractivity contribution in [2.75, 3.05) is 0 Å². The largest absolute Gasteiger partial charge is 0.434 e. The van der Waals surface area contributed by atoms with Crippen LogP contribution in [0.2, 0.25) is 0 Å². The fourth-order valence-electron chi connectivity index (χ4n) is 4.17. The van der Waals surface area contributed by atoms with Crippen LogP contribution in [-0.4, -0.2) is 29.4 Å². The summed E-state index contributed by atoms with van der Waals surface area (Å²) in [6.45, 7) is 4.27. The van der Waals surface area contributed by atoms with Gasteiger partial charge in [-0.1, -0.05) is 62.4 Å². The maximum atomic E-state index is 13.0. The van der Waals surface area contributed by atoms with Crippen molar-refractivity contribution >= 4 is 5.65 Å². The molecule has 2 aromatic carbocycles. The van der Waals surface area contributed by atoms with Gasteiger partial charge in [0.15, 0.2) is 17.2 Å². The topological polar surface area (TPSA) is 60.9 Å². The van der Waals surface area contributed by atoms with Gasteiger partial charge in [-0.05, 0) is 23.1 Å². The first-order valence-electron chi connectivity index (χ1n) is 11.2. The van der Waals surface area contributed by atoms with E-state index >= 15 is 0 Å². The lowest BCUT2D eigenvalue weighted by Gasteiger charge is -2.09. The number of nitrogens with zero attached hydrogens (tertiary/aromatic N) is 6. The van der Waals surface area contributed by atoms with Crippen molar-refractivity contribution in [1.29, 1.82) is 0 Å². The van der Waals surface area contributed by atoms with Crippen LogP contribution in [0.15, 0.2) is 67.0 Å². The molecule has 178 valence electrons. The number of alkyl halides is 3. The minimum atomic E-state index is -4.48. The van der Waals surface area contributed by atoms with E-state index in [1.165, 1.54) is 10.1 Å². The van der Waals surface area contributed by atoms with Crippen LogP contribution in [0.1, 0.15) is 42.1 Å². The predicted octanol–water partition coefficient (Wildman–Crippen LogP) is 5.92. The number of rotatable bonds is 5. The standard InChI is InChI=1S/C26H23F3N6/c1-16(2)20-6-4-5-7-21(20)23-32-25-19(12-13-30-35(25)33-23)14-17-8-10-18(11-9-17)24-31-22(15-34(24)3)26(27,28)29/h4-13,15-16H,14H2,1-3H3. The molecule has 0 aliphatic carbocycles. The molecule has 35 heavy (non-hydrogen) atoms. The van der Waals surface area contributed by atoms with Crippen molar-refractivity contribution in [2.24, 2.45) is 7.05 Å². The minimum Gasteiger partial charge on any atom is -0.333 e. The third-order valence-electron chi connectivity index (χ3n) is 5.93. The van der Waals surface area contributed by atoms with Crippen molar-refractivity contribution in [3.63, 3.8) is 0 Å². The third-order valence-corrected chi connectivity index (χ3v) is 5.93. The first-order chi connectivity index (χ1) is 16.7. The van der Waals surface area contributed by atoms with Gasteiger partial charge in [0, 0.05) is 36.4 Å². The highest BCUT2D eigenvalue weighted by molar-refractivity contribution is 5.64. The molecule has 9 heteroatoms.